The van der Waals surface area contributed by atoms with E-state index in [1.54, 1.807) is 18.2 Å². The van der Waals surface area contributed by atoms with E-state index in [4.69, 9.17) is 16.3 Å². The molecule has 1 atom stereocenters. The van der Waals surface area contributed by atoms with Crippen LogP contribution in [0.15, 0.2) is 41.5 Å². The van der Waals surface area contributed by atoms with Gasteiger partial charge < -0.3 is 16.3 Å². The Morgan fingerprint density at radius 3 is 2.74 bits per heavy atom. The van der Waals surface area contributed by atoms with Crippen molar-refractivity contribution < 1.29 is 17.9 Å². The number of pyridine rings is 1. The van der Waals surface area contributed by atoms with Crippen molar-refractivity contribution in [3.8, 4) is 5.75 Å². The molecule has 1 aromatic carbocycles. The maximum absolute atomic E-state index is 12.8. The van der Waals surface area contributed by atoms with E-state index >= 15 is 0 Å². The van der Waals surface area contributed by atoms with Gasteiger partial charge in [-0.25, -0.2) is 4.98 Å². The number of rotatable bonds is 2. The molecule has 2 aromatic rings. The molecule has 2 heterocycles. The van der Waals surface area contributed by atoms with E-state index in [0.717, 1.165) is 12.1 Å². The Labute approximate surface area is 129 Å². The van der Waals surface area contributed by atoms with Crippen LogP contribution in [0.1, 0.15) is 28.6 Å². The third-order valence-corrected chi connectivity index (χ3v) is 3.56. The molecule has 1 unspecified atom stereocenters. The second-order valence-electron chi connectivity index (χ2n) is 5.09. The second-order valence-corrected chi connectivity index (χ2v) is 5.09. The Balaban J connectivity index is 1.88. The summed E-state index contributed by atoms with van der Waals surface area (Å²) in [5.41, 5.74) is 6.36. The van der Waals surface area contributed by atoms with Crippen molar-refractivity contribution >= 4 is 5.84 Å². The van der Waals surface area contributed by atoms with Crippen molar-refractivity contribution in [1.29, 1.82) is 0 Å². The van der Waals surface area contributed by atoms with E-state index in [9.17, 15) is 13.2 Å². The van der Waals surface area contributed by atoms with Crippen LogP contribution >= 0.6 is 0 Å². The van der Waals surface area contributed by atoms with Crippen LogP contribution in [0.4, 0.5) is 13.2 Å². The van der Waals surface area contributed by atoms with E-state index in [-0.39, 0.29) is 5.84 Å². The summed E-state index contributed by atoms with van der Waals surface area (Å²) in [5, 5.41) is 3.37. The average Bonchev–Trinajstić information content (AvgIpc) is 2.96. The number of benzene rings is 1. The highest BCUT2D eigenvalue weighted by Gasteiger charge is 2.33. The maximum Gasteiger partial charge on any atom is 0.416 e. The van der Waals surface area contributed by atoms with Gasteiger partial charge in [-0.05, 0) is 35.9 Å². The van der Waals surface area contributed by atoms with Crippen LogP contribution < -0.4 is 16.3 Å². The molecule has 0 aliphatic carbocycles. The number of hydrazone groups is 1. The highest BCUT2D eigenvalue weighted by Crippen LogP contribution is 2.39. The summed E-state index contributed by atoms with van der Waals surface area (Å²) in [6.07, 6.45) is -4.55. The molecular weight excluding hydrogens is 309 g/mol. The molecule has 8 heteroatoms. The molecule has 4 N–H and O–H groups in total. The van der Waals surface area contributed by atoms with Gasteiger partial charge in [0, 0.05) is 6.42 Å². The van der Waals surface area contributed by atoms with Gasteiger partial charge in [0.05, 0.1) is 11.3 Å². The number of aromatic nitrogens is 1. The lowest BCUT2D eigenvalue weighted by atomic mass is 10.0. The van der Waals surface area contributed by atoms with Crippen LogP contribution in [-0.2, 0) is 12.6 Å². The van der Waals surface area contributed by atoms with E-state index < -0.39 is 17.8 Å². The first-order chi connectivity index (χ1) is 10.9. The van der Waals surface area contributed by atoms with Gasteiger partial charge >= 0.3 is 6.18 Å². The summed E-state index contributed by atoms with van der Waals surface area (Å²) in [6.45, 7) is 0. The van der Waals surface area contributed by atoms with Gasteiger partial charge in [-0.2, -0.15) is 18.3 Å². The Bertz CT molecular complexity index is 774. The molecule has 120 valence electrons. The standard InChI is InChI=1S/C15H13F3N4O/c16-15(17,18)9-4-5-12-8(6-9)7-13(23-12)10-2-1-3-11(21-10)14(19)22-20/h1-6,13H,7,20H2,(H2,19,22). The molecule has 0 spiro atoms. The molecule has 0 radical (unpaired) electrons. The zero-order valence-corrected chi connectivity index (χ0v) is 11.8. The number of fused-ring (bicyclic) bond motifs is 1. The van der Waals surface area contributed by atoms with Crippen LogP contribution in [0.2, 0.25) is 0 Å². The van der Waals surface area contributed by atoms with Crippen molar-refractivity contribution in [3.63, 3.8) is 0 Å². The fourth-order valence-corrected chi connectivity index (χ4v) is 2.43. The quantitative estimate of drug-likeness (QED) is 0.385. The lowest BCUT2D eigenvalue weighted by Gasteiger charge is -2.11. The smallest absolute Gasteiger partial charge is 0.416 e. The molecule has 0 saturated carbocycles. The summed E-state index contributed by atoms with van der Waals surface area (Å²) in [5.74, 6) is 5.62. The van der Waals surface area contributed by atoms with Crippen LogP contribution in [0.5, 0.6) is 5.75 Å². The minimum atomic E-state index is -4.38. The van der Waals surface area contributed by atoms with Gasteiger partial charge in [-0.3, -0.25) is 0 Å². The third kappa shape index (κ3) is 2.92. The summed E-state index contributed by atoms with van der Waals surface area (Å²) < 4.78 is 44.0. The third-order valence-electron chi connectivity index (χ3n) is 3.56. The predicted molar refractivity (Wildman–Crippen MR) is 77.7 cm³/mol. The molecule has 0 bridgehead atoms. The number of hydrogen-bond acceptors (Lipinski definition) is 4. The number of nitrogens with two attached hydrogens (primary N) is 2. The van der Waals surface area contributed by atoms with Gasteiger partial charge in [-0.1, -0.05) is 6.07 Å². The van der Waals surface area contributed by atoms with Crippen LogP contribution in [-0.4, -0.2) is 10.8 Å². The zero-order chi connectivity index (χ0) is 16.6. The molecule has 0 saturated heterocycles. The van der Waals surface area contributed by atoms with Crippen LogP contribution in [0.25, 0.3) is 0 Å². The number of nitrogens with zero attached hydrogens (tertiary/aromatic N) is 2. The minimum Gasteiger partial charge on any atom is -0.483 e. The Hall–Kier alpha value is -2.77. The fraction of sp³-hybridized carbons (Fsp3) is 0.200. The van der Waals surface area contributed by atoms with E-state index in [1.165, 1.54) is 6.07 Å². The van der Waals surface area contributed by atoms with Crippen molar-refractivity contribution in [2.45, 2.75) is 18.7 Å². The monoisotopic (exact) mass is 322 g/mol. The summed E-state index contributed by atoms with van der Waals surface area (Å²) in [4.78, 5) is 4.30. The normalized spacial score (nSPS) is 17.7. The lowest BCUT2D eigenvalue weighted by Crippen LogP contribution is -2.18. The average molecular weight is 322 g/mol. The van der Waals surface area contributed by atoms with Gasteiger partial charge in [-0.15, -0.1) is 0 Å². The molecule has 0 amide bonds. The topological polar surface area (TPSA) is 86.5 Å². The Morgan fingerprint density at radius 2 is 2.04 bits per heavy atom. The molecular formula is C15H13F3N4O. The minimum absolute atomic E-state index is 0.0710. The first kappa shape index (κ1) is 15.1. The molecule has 1 aliphatic heterocycles. The number of halogens is 3. The van der Waals surface area contributed by atoms with E-state index in [0.29, 0.717) is 29.1 Å². The lowest BCUT2D eigenvalue weighted by molar-refractivity contribution is -0.137. The Kier molecular flexibility index (Phi) is 3.59. The summed E-state index contributed by atoms with van der Waals surface area (Å²) in [7, 11) is 0. The van der Waals surface area contributed by atoms with Gasteiger partial charge in [0.25, 0.3) is 0 Å². The number of ether oxygens (including phenoxy) is 1. The van der Waals surface area contributed by atoms with Gasteiger partial charge in [0.1, 0.15) is 17.5 Å². The molecule has 0 fully saturated rings. The highest BCUT2D eigenvalue weighted by atomic mass is 19.4. The van der Waals surface area contributed by atoms with Crippen molar-refractivity contribution in [2.75, 3.05) is 0 Å². The fourth-order valence-electron chi connectivity index (χ4n) is 2.43. The van der Waals surface area contributed by atoms with E-state index in [2.05, 4.69) is 10.1 Å². The SMILES string of the molecule is N/N=C(\N)c1cccc(C2Cc3cc(C(F)(F)F)ccc3O2)n1. The summed E-state index contributed by atoms with van der Waals surface area (Å²) in [6, 6.07) is 8.51. The van der Waals surface area contributed by atoms with E-state index in [1.807, 2.05) is 0 Å². The second kappa shape index (κ2) is 5.45. The van der Waals surface area contributed by atoms with Crippen molar-refractivity contribution in [3.05, 3.63) is 58.9 Å². The number of hydrogen-bond donors (Lipinski definition) is 2. The first-order valence-electron chi connectivity index (χ1n) is 6.76. The largest absolute Gasteiger partial charge is 0.483 e. The first-order valence-corrected chi connectivity index (χ1v) is 6.76. The van der Waals surface area contributed by atoms with Crippen molar-refractivity contribution in [1.82, 2.24) is 4.98 Å². The molecule has 5 nitrogen and oxygen atoms in total. The number of alkyl halides is 3. The summed E-state index contributed by atoms with van der Waals surface area (Å²) >= 11 is 0. The molecule has 1 aromatic heterocycles. The Morgan fingerprint density at radius 1 is 1.26 bits per heavy atom. The zero-order valence-electron chi connectivity index (χ0n) is 11.8. The molecule has 23 heavy (non-hydrogen) atoms. The number of amidine groups is 1. The molecule has 3 rings (SSSR count). The van der Waals surface area contributed by atoms with Crippen LogP contribution in [0.3, 0.4) is 0 Å². The maximum atomic E-state index is 12.8. The van der Waals surface area contributed by atoms with Gasteiger partial charge in [0.15, 0.2) is 5.84 Å². The van der Waals surface area contributed by atoms with Gasteiger partial charge in [0.2, 0.25) is 0 Å². The predicted octanol–water partition coefficient (Wildman–Crippen LogP) is 2.36. The van der Waals surface area contributed by atoms with Crippen molar-refractivity contribution in [2.24, 2.45) is 16.7 Å². The van der Waals surface area contributed by atoms with Crippen LogP contribution in [0, 0.1) is 0 Å². The highest BCUT2D eigenvalue weighted by molar-refractivity contribution is 5.95. The molecule has 1 aliphatic rings.